The van der Waals surface area contributed by atoms with Crippen molar-refractivity contribution in [3.8, 4) is 0 Å². The molecule has 17 heavy (non-hydrogen) atoms. The largest absolute Gasteiger partial charge is 0.380 e. The molecule has 0 fully saturated rings. The van der Waals surface area contributed by atoms with E-state index in [0.29, 0.717) is 13.0 Å². The Labute approximate surface area is 101 Å². The molecule has 1 aromatic rings. The second-order valence-electron chi connectivity index (χ2n) is 4.22. The van der Waals surface area contributed by atoms with Gasteiger partial charge in [0.15, 0.2) is 0 Å². The van der Waals surface area contributed by atoms with Crippen molar-refractivity contribution in [2.75, 3.05) is 25.1 Å². The number of anilines is 1. The molecule has 0 spiro atoms. The predicted octanol–water partition coefficient (Wildman–Crippen LogP) is 0.940. The minimum atomic E-state index is -0.185. The summed E-state index contributed by atoms with van der Waals surface area (Å²) in [6, 6.07) is 8.02. The molecule has 1 unspecified atom stereocenters. The summed E-state index contributed by atoms with van der Waals surface area (Å²) >= 11 is 0. The average molecular weight is 234 g/mol. The van der Waals surface area contributed by atoms with Gasteiger partial charge in [-0.3, -0.25) is 4.79 Å². The number of para-hydroxylation sites is 1. The highest BCUT2D eigenvalue weighted by Crippen LogP contribution is 2.28. The number of rotatable bonds is 4. The molecule has 0 saturated carbocycles. The molecule has 0 bridgehead atoms. The summed E-state index contributed by atoms with van der Waals surface area (Å²) in [5, 5.41) is 0. The molecule has 2 rings (SSSR count). The van der Waals surface area contributed by atoms with Crippen LogP contribution in [-0.2, 0) is 16.0 Å². The van der Waals surface area contributed by atoms with Gasteiger partial charge < -0.3 is 15.4 Å². The number of methoxy groups -OCH3 is 1. The lowest BCUT2D eigenvalue weighted by Crippen LogP contribution is -2.35. The summed E-state index contributed by atoms with van der Waals surface area (Å²) < 4.78 is 5.15. The number of nitrogens with two attached hydrogens (primary N) is 1. The van der Waals surface area contributed by atoms with E-state index in [4.69, 9.17) is 10.5 Å². The third-order valence-electron chi connectivity index (χ3n) is 3.19. The summed E-state index contributed by atoms with van der Waals surface area (Å²) in [7, 11) is 1.59. The fraction of sp³-hybridized carbons (Fsp3) is 0.462. The third-order valence-corrected chi connectivity index (χ3v) is 3.19. The van der Waals surface area contributed by atoms with E-state index in [2.05, 4.69) is 6.07 Å². The van der Waals surface area contributed by atoms with Gasteiger partial charge in [-0.05, 0) is 18.1 Å². The van der Waals surface area contributed by atoms with Crippen LogP contribution in [0.25, 0.3) is 0 Å². The van der Waals surface area contributed by atoms with Crippen LogP contribution in [0.15, 0.2) is 24.3 Å². The number of carbonyl (C=O) groups is 1. The molecule has 0 radical (unpaired) electrons. The molecular formula is C13H18N2O2. The Hall–Kier alpha value is -1.39. The number of nitrogens with zero attached hydrogens (tertiary/aromatic N) is 1. The zero-order chi connectivity index (χ0) is 12.3. The number of amides is 1. The van der Waals surface area contributed by atoms with Crippen LogP contribution in [0.1, 0.15) is 12.0 Å². The Kier molecular flexibility index (Phi) is 3.76. The lowest BCUT2D eigenvalue weighted by Gasteiger charge is -2.20. The zero-order valence-corrected chi connectivity index (χ0v) is 10.1. The first-order chi connectivity index (χ1) is 8.26. The number of hydrogen-bond acceptors (Lipinski definition) is 3. The first-order valence-corrected chi connectivity index (χ1v) is 5.87. The molecule has 1 aromatic carbocycles. The second-order valence-corrected chi connectivity index (χ2v) is 4.22. The van der Waals surface area contributed by atoms with Gasteiger partial charge in [-0.25, -0.2) is 0 Å². The maximum atomic E-state index is 12.1. The van der Waals surface area contributed by atoms with Crippen molar-refractivity contribution in [2.24, 2.45) is 5.73 Å². The van der Waals surface area contributed by atoms with Crippen molar-refractivity contribution < 1.29 is 9.53 Å². The molecule has 0 aliphatic carbocycles. The van der Waals surface area contributed by atoms with E-state index < -0.39 is 0 Å². The minimum absolute atomic E-state index is 0.0900. The van der Waals surface area contributed by atoms with Gasteiger partial charge in [0, 0.05) is 25.9 Å². The summed E-state index contributed by atoms with van der Waals surface area (Å²) in [6.45, 7) is 1.14. The second kappa shape index (κ2) is 5.29. The SMILES string of the molecule is COC(CN)CC(=O)N1CCc2ccccc21. The Balaban J connectivity index is 2.07. The quantitative estimate of drug-likeness (QED) is 0.843. The molecule has 1 aliphatic heterocycles. The maximum Gasteiger partial charge on any atom is 0.229 e. The van der Waals surface area contributed by atoms with E-state index in [1.165, 1.54) is 5.56 Å². The minimum Gasteiger partial charge on any atom is -0.380 e. The highest BCUT2D eigenvalue weighted by molar-refractivity contribution is 5.95. The van der Waals surface area contributed by atoms with Crippen molar-refractivity contribution in [3.63, 3.8) is 0 Å². The first-order valence-electron chi connectivity index (χ1n) is 5.87. The van der Waals surface area contributed by atoms with Crippen LogP contribution in [0.4, 0.5) is 5.69 Å². The topological polar surface area (TPSA) is 55.6 Å². The monoisotopic (exact) mass is 234 g/mol. The molecular weight excluding hydrogens is 216 g/mol. The van der Waals surface area contributed by atoms with E-state index in [-0.39, 0.29) is 12.0 Å². The van der Waals surface area contributed by atoms with Crippen molar-refractivity contribution >= 4 is 11.6 Å². The van der Waals surface area contributed by atoms with Crippen LogP contribution in [0.5, 0.6) is 0 Å². The molecule has 0 saturated heterocycles. The standard InChI is InChI=1S/C13H18N2O2/c1-17-11(9-14)8-13(16)15-7-6-10-4-2-3-5-12(10)15/h2-5,11H,6-9,14H2,1H3. The highest BCUT2D eigenvalue weighted by atomic mass is 16.5. The third kappa shape index (κ3) is 2.48. The molecule has 0 aromatic heterocycles. The Morgan fingerprint density at radius 1 is 1.53 bits per heavy atom. The van der Waals surface area contributed by atoms with Gasteiger partial charge in [-0.2, -0.15) is 0 Å². The molecule has 2 N–H and O–H groups in total. The van der Waals surface area contributed by atoms with E-state index in [9.17, 15) is 4.79 Å². The smallest absolute Gasteiger partial charge is 0.229 e. The first kappa shape index (κ1) is 12.1. The zero-order valence-electron chi connectivity index (χ0n) is 10.1. The molecule has 4 nitrogen and oxygen atoms in total. The lowest BCUT2D eigenvalue weighted by atomic mass is 10.2. The molecule has 1 aliphatic rings. The van der Waals surface area contributed by atoms with Crippen LogP contribution in [0, 0.1) is 0 Å². The van der Waals surface area contributed by atoms with Crippen LogP contribution in [0.2, 0.25) is 0 Å². The Morgan fingerprint density at radius 2 is 2.29 bits per heavy atom. The number of hydrogen-bond donors (Lipinski definition) is 1. The lowest BCUT2D eigenvalue weighted by molar-refractivity contribution is -0.120. The van der Waals surface area contributed by atoms with Crippen molar-refractivity contribution in [2.45, 2.75) is 18.9 Å². The maximum absolute atomic E-state index is 12.1. The number of fused-ring (bicyclic) bond motifs is 1. The molecule has 4 heteroatoms. The van der Waals surface area contributed by atoms with Gasteiger partial charge in [0.05, 0.1) is 12.5 Å². The van der Waals surface area contributed by atoms with Gasteiger partial charge in [-0.15, -0.1) is 0 Å². The number of benzene rings is 1. The van der Waals surface area contributed by atoms with E-state index in [1.54, 1.807) is 7.11 Å². The van der Waals surface area contributed by atoms with Crippen LogP contribution < -0.4 is 10.6 Å². The van der Waals surface area contributed by atoms with Gasteiger partial charge in [0.1, 0.15) is 0 Å². The van der Waals surface area contributed by atoms with Crippen molar-refractivity contribution in [1.29, 1.82) is 0 Å². The Bertz CT molecular complexity index is 402. The summed E-state index contributed by atoms with van der Waals surface area (Å²) in [6.07, 6.45) is 1.10. The Morgan fingerprint density at radius 3 is 3.00 bits per heavy atom. The van der Waals surface area contributed by atoms with Gasteiger partial charge in [0.25, 0.3) is 0 Å². The number of ether oxygens (including phenoxy) is 1. The molecule has 1 heterocycles. The van der Waals surface area contributed by atoms with E-state index in [0.717, 1.165) is 18.7 Å². The van der Waals surface area contributed by atoms with E-state index >= 15 is 0 Å². The molecule has 92 valence electrons. The fourth-order valence-electron chi connectivity index (χ4n) is 2.17. The van der Waals surface area contributed by atoms with Gasteiger partial charge in [0.2, 0.25) is 5.91 Å². The summed E-state index contributed by atoms with van der Waals surface area (Å²) in [5.74, 6) is 0.0900. The van der Waals surface area contributed by atoms with Crippen LogP contribution in [-0.4, -0.2) is 32.2 Å². The average Bonchev–Trinajstić information content (AvgIpc) is 2.79. The number of carbonyl (C=O) groups excluding carboxylic acids is 1. The van der Waals surface area contributed by atoms with E-state index in [1.807, 2.05) is 23.1 Å². The van der Waals surface area contributed by atoms with Gasteiger partial charge >= 0.3 is 0 Å². The molecule has 1 atom stereocenters. The summed E-state index contributed by atoms with van der Waals surface area (Å²) in [4.78, 5) is 14.0. The van der Waals surface area contributed by atoms with Crippen LogP contribution >= 0.6 is 0 Å². The normalized spacial score (nSPS) is 15.8. The van der Waals surface area contributed by atoms with Crippen LogP contribution in [0.3, 0.4) is 0 Å². The predicted molar refractivity (Wildman–Crippen MR) is 67.0 cm³/mol. The van der Waals surface area contributed by atoms with Crippen molar-refractivity contribution in [1.82, 2.24) is 0 Å². The van der Waals surface area contributed by atoms with Gasteiger partial charge in [-0.1, -0.05) is 18.2 Å². The fourth-order valence-corrected chi connectivity index (χ4v) is 2.17. The summed E-state index contributed by atoms with van der Waals surface area (Å²) in [5.41, 5.74) is 7.80. The van der Waals surface area contributed by atoms with Crippen molar-refractivity contribution in [3.05, 3.63) is 29.8 Å². The highest BCUT2D eigenvalue weighted by Gasteiger charge is 2.25. The molecule has 1 amide bonds.